The standard InChI is InChI=1S/C21H14F2N4O.C20H16F2N4O/c1-11-19(14-5-3-13(10-24)4-6-14)25-20-18(12(2)26-27(20)21(11)28)16-8-7-15(22)9-17(16)23;1-11-19(15-8-5-13(21)9-16(15)22)20-25(2)17(10-18(27)26(20)24-11)12-3-6-14(23)7-4-12/h3-9,25H,1-2H3;3-10H,23H2,1-2H3. The van der Waals surface area contributed by atoms with Crippen LogP contribution in [0.3, 0.4) is 0 Å². The number of nitriles is 1. The van der Waals surface area contributed by atoms with Crippen LogP contribution in [0.25, 0.3) is 56.1 Å². The average Bonchev–Trinajstić information content (AvgIpc) is 3.68. The lowest BCUT2D eigenvalue weighted by Gasteiger charge is -2.13. The van der Waals surface area contributed by atoms with Crippen molar-refractivity contribution in [1.82, 2.24) is 28.8 Å². The first kappa shape index (κ1) is 36.1. The molecule has 8 rings (SSSR count). The van der Waals surface area contributed by atoms with Crippen LogP contribution in [0, 0.1) is 55.4 Å². The predicted molar refractivity (Wildman–Crippen MR) is 201 cm³/mol. The molecule has 3 N–H and O–H groups in total. The Labute approximate surface area is 310 Å². The summed E-state index contributed by atoms with van der Waals surface area (Å²) < 4.78 is 59.7. The van der Waals surface area contributed by atoms with Crippen LogP contribution < -0.4 is 16.9 Å². The largest absolute Gasteiger partial charge is 0.399 e. The third-order valence-electron chi connectivity index (χ3n) is 9.29. The minimum Gasteiger partial charge on any atom is -0.399 e. The molecule has 0 aliphatic carbocycles. The summed E-state index contributed by atoms with van der Waals surface area (Å²) in [5.41, 5.74) is 12.1. The van der Waals surface area contributed by atoms with Crippen molar-refractivity contribution in [3.8, 4) is 50.8 Å². The van der Waals surface area contributed by atoms with E-state index in [2.05, 4.69) is 15.2 Å². The molecule has 4 aromatic carbocycles. The zero-order valence-corrected chi connectivity index (χ0v) is 29.7. The first-order valence-electron chi connectivity index (χ1n) is 16.8. The van der Waals surface area contributed by atoms with Crippen LogP contribution in [-0.4, -0.2) is 28.8 Å². The monoisotopic (exact) mass is 742 g/mol. The second-order valence-electron chi connectivity index (χ2n) is 12.8. The van der Waals surface area contributed by atoms with Crippen molar-refractivity contribution in [3.05, 3.63) is 157 Å². The Bertz CT molecular complexity index is 2970. The predicted octanol–water partition coefficient (Wildman–Crippen LogP) is 7.66. The minimum atomic E-state index is -0.737. The Kier molecular flexibility index (Phi) is 9.15. The molecular weight excluding hydrogens is 712 g/mol. The quantitative estimate of drug-likeness (QED) is 0.140. The van der Waals surface area contributed by atoms with Gasteiger partial charge in [0.2, 0.25) is 0 Å². The summed E-state index contributed by atoms with van der Waals surface area (Å²) in [6.07, 6.45) is 0. The second kappa shape index (κ2) is 13.9. The molecule has 0 fully saturated rings. The van der Waals surface area contributed by atoms with Gasteiger partial charge in [0.1, 0.15) is 34.6 Å². The molecule has 0 aliphatic heterocycles. The second-order valence-corrected chi connectivity index (χ2v) is 12.8. The van der Waals surface area contributed by atoms with Crippen molar-refractivity contribution < 1.29 is 17.6 Å². The highest BCUT2D eigenvalue weighted by atomic mass is 19.1. The first-order chi connectivity index (χ1) is 26.3. The summed E-state index contributed by atoms with van der Waals surface area (Å²) in [5, 5.41) is 17.5. The fourth-order valence-electron chi connectivity index (χ4n) is 6.59. The summed E-state index contributed by atoms with van der Waals surface area (Å²) in [5.74, 6) is -2.79. The highest BCUT2D eigenvalue weighted by Crippen LogP contribution is 2.33. The Morgan fingerprint density at radius 1 is 0.709 bits per heavy atom. The van der Waals surface area contributed by atoms with Gasteiger partial charge in [-0.1, -0.05) is 24.3 Å². The van der Waals surface area contributed by atoms with E-state index in [0.717, 1.165) is 23.8 Å². The zero-order chi connectivity index (χ0) is 39.3. The van der Waals surface area contributed by atoms with Crippen LogP contribution in [0.2, 0.25) is 0 Å². The number of aromatic amines is 1. The number of H-pyrrole nitrogens is 1. The highest BCUT2D eigenvalue weighted by Gasteiger charge is 2.22. The lowest BCUT2D eigenvalue weighted by atomic mass is 10.0. The van der Waals surface area contributed by atoms with E-state index >= 15 is 0 Å². The number of nitrogens with two attached hydrogens (primary N) is 1. The summed E-state index contributed by atoms with van der Waals surface area (Å²) in [6.45, 7) is 5.02. The maximum absolute atomic E-state index is 14.4. The van der Waals surface area contributed by atoms with Gasteiger partial charge in [-0.15, -0.1) is 0 Å². The Hall–Kier alpha value is -7.27. The fraction of sp³-hybridized carbons (Fsp3) is 0.0976. The molecule has 55 heavy (non-hydrogen) atoms. The molecule has 0 spiro atoms. The number of hydrogen-bond acceptors (Lipinski definition) is 6. The first-order valence-corrected chi connectivity index (χ1v) is 16.8. The van der Waals surface area contributed by atoms with E-state index in [1.54, 1.807) is 68.8 Å². The Morgan fingerprint density at radius 3 is 1.84 bits per heavy atom. The molecule has 0 aliphatic rings. The van der Waals surface area contributed by atoms with Gasteiger partial charge in [0, 0.05) is 47.6 Å². The number of aromatic nitrogens is 6. The Balaban J connectivity index is 0.000000169. The molecule has 274 valence electrons. The fourth-order valence-corrected chi connectivity index (χ4v) is 6.59. The van der Waals surface area contributed by atoms with E-state index < -0.39 is 23.3 Å². The number of nitrogens with one attached hydrogen (secondary N) is 1. The van der Waals surface area contributed by atoms with Gasteiger partial charge in [-0.2, -0.15) is 24.5 Å². The number of anilines is 1. The van der Waals surface area contributed by atoms with Gasteiger partial charge >= 0.3 is 0 Å². The van der Waals surface area contributed by atoms with Gasteiger partial charge in [0.15, 0.2) is 0 Å². The number of aryl methyl sites for hydroxylation is 3. The number of halogens is 4. The third kappa shape index (κ3) is 6.41. The molecule has 0 unspecified atom stereocenters. The van der Waals surface area contributed by atoms with Gasteiger partial charge in [-0.05, 0) is 80.4 Å². The number of nitrogens with zero attached hydrogens (tertiary/aromatic N) is 6. The van der Waals surface area contributed by atoms with E-state index in [9.17, 15) is 27.2 Å². The van der Waals surface area contributed by atoms with Crippen LogP contribution >= 0.6 is 0 Å². The van der Waals surface area contributed by atoms with Crippen LogP contribution in [0.1, 0.15) is 22.5 Å². The number of nitrogen functional groups attached to an aromatic ring is 1. The maximum Gasteiger partial charge on any atom is 0.277 e. The third-order valence-corrected chi connectivity index (χ3v) is 9.29. The topological polar surface area (TPSA) is 139 Å². The van der Waals surface area contributed by atoms with Crippen LogP contribution in [0.15, 0.2) is 101 Å². The summed E-state index contributed by atoms with van der Waals surface area (Å²) in [4.78, 5) is 28.7. The van der Waals surface area contributed by atoms with Gasteiger partial charge in [-0.3, -0.25) is 9.59 Å². The molecule has 0 saturated heterocycles. The molecule has 0 radical (unpaired) electrons. The van der Waals surface area contributed by atoms with Gasteiger partial charge < -0.3 is 15.3 Å². The van der Waals surface area contributed by atoms with Crippen molar-refractivity contribution >= 4 is 17.0 Å². The molecule has 4 heterocycles. The molecule has 0 bridgehead atoms. The molecule has 10 nitrogen and oxygen atoms in total. The number of rotatable bonds is 4. The molecule has 0 amide bonds. The normalized spacial score (nSPS) is 11.1. The molecular formula is C41H30F4N8O2. The zero-order valence-electron chi connectivity index (χ0n) is 29.7. The van der Waals surface area contributed by atoms with Crippen molar-refractivity contribution in [1.29, 1.82) is 5.26 Å². The highest BCUT2D eigenvalue weighted by molar-refractivity contribution is 5.83. The average molecular weight is 743 g/mol. The lowest BCUT2D eigenvalue weighted by molar-refractivity contribution is 0.585. The molecule has 4 aromatic heterocycles. The van der Waals surface area contributed by atoms with Crippen molar-refractivity contribution in [3.63, 3.8) is 0 Å². The van der Waals surface area contributed by atoms with Crippen LogP contribution in [-0.2, 0) is 7.05 Å². The lowest BCUT2D eigenvalue weighted by Crippen LogP contribution is -2.19. The minimum absolute atomic E-state index is 0.152. The van der Waals surface area contributed by atoms with Crippen molar-refractivity contribution in [2.24, 2.45) is 7.05 Å². The molecule has 0 saturated carbocycles. The van der Waals surface area contributed by atoms with Crippen molar-refractivity contribution in [2.75, 3.05) is 5.73 Å². The molecule has 0 atom stereocenters. The van der Waals surface area contributed by atoms with Crippen LogP contribution in [0.5, 0.6) is 0 Å². The van der Waals surface area contributed by atoms with Crippen molar-refractivity contribution in [2.45, 2.75) is 20.8 Å². The van der Waals surface area contributed by atoms with E-state index in [-0.39, 0.29) is 22.2 Å². The van der Waals surface area contributed by atoms with Gasteiger partial charge in [0.25, 0.3) is 11.1 Å². The van der Waals surface area contributed by atoms with Gasteiger partial charge in [-0.25, -0.2) is 17.6 Å². The van der Waals surface area contributed by atoms with Crippen LogP contribution in [0.4, 0.5) is 23.2 Å². The molecule has 14 heteroatoms. The Morgan fingerprint density at radius 2 is 1.25 bits per heavy atom. The van der Waals surface area contributed by atoms with E-state index in [1.165, 1.54) is 33.3 Å². The van der Waals surface area contributed by atoms with Gasteiger partial charge in [0.05, 0.1) is 45.5 Å². The summed E-state index contributed by atoms with van der Waals surface area (Å²) in [6, 6.07) is 24.0. The number of fused-ring (bicyclic) bond motifs is 2. The number of hydrogen-bond donors (Lipinski definition) is 2. The summed E-state index contributed by atoms with van der Waals surface area (Å²) in [7, 11) is 1.77. The molecule has 8 aromatic rings. The van der Waals surface area contributed by atoms with E-state index in [4.69, 9.17) is 11.0 Å². The maximum atomic E-state index is 14.4. The number of benzene rings is 4. The van der Waals surface area contributed by atoms with E-state index in [1.807, 2.05) is 18.2 Å². The van der Waals surface area contributed by atoms with E-state index in [0.29, 0.717) is 67.6 Å². The smallest absolute Gasteiger partial charge is 0.277 e. The summed E-state index contributed by atoms with van der Waals surface area (Å²) >= 11 is 0. The SMILES string of the molecule is Cc1nn2c(=O)c(C)c(-c3ccc(C#N)cc3)[nH]c2c1-c1ccc(F)cc1F.Cc1nn2c(=O)cc(-c3ccc(N)cc3)n(C)c2c1-c1ccc(F)cc1F.